The molecule has 0 bridgehead atoms. The van der Waals surface area contributed by atoms with Gasteiger partial charge in [-0.15, -0.1) is 13.2 Å². The largest absolute Gasteiger partial charge is 0.412 e. The molecule has 1 nitrogen and oxygen atoms in total. The Labute approximate surface area is 64.5 Å². The fourth-order valence-corrected chi connectivity index (χ4v) is 2.87. The van der Waals surface area contributed by atoms with Crippen LogP contribution in [0, 0.1) is 0 Å². The summed E-state index contributed by atoms with van der Waals surface area (Å²) in [6.45, 7) is 11.8. The molecule has 58 valence electrons. The van der Waals surface area contributed by atoms with Gasteiger partial charge in [0.2, 0.25) is 8.32 Å². The molecule has 0 amide bonds. The molecule has 0 atom stereocenters. The van der Waals surface area contributed by atoms with Crippen molar-refractivity contribution in [1.82, 2.24) is 0 Å². The van der Waals surface area contributed by atoms with Gasteiger partial charge in [0.1, 0.15) is 0 Å². The maximum atomic E-state index is 5.40. The maximum Gasteiger partial charge on any atom is 0.242 e. The molecule has 0 radical (unpaired) electrons. The first-order chi connectivity index (χ1) is 4.63. The van der Waals surface area contributed by atoms with E-state index in [-0.39, 0.29) is 0 Å². The number of rotatable bonds is 4. The second kappa shape index (κ2) is 3.74. The van der Waals surface area contributed by atoms with Crippen LogP contribution < -0.4 is 0 Å². The van der Waals surface area contributed by atoms with Crippen molar-refractivity contribution in [3.05, 3.63) is 24.6 Å². The van der Waals surface area contributed by atoms with E-state index >= 15 is 0 Å². The monoisotopic (exact) mass is 156 g/mol. The van der Waals surface area contributed by atoms with Crippen LogP contribution in [0.3, 0.4) is 0 Å². The molecule has 0 spiro atoms. The molecule has 0 aliphatic heterocycles. The lowest BCUT2D eigenvalue weighted by Crippen LogP contribution is -2.36. The van der Waals surface area contributed by atoms with Crippen LogP contribution in [0.5, 0.6) is 0 Å². The molecule has 0 heterocycles. The van der Waals surface area contributed by atoms with E-state index in [0.29, 0.717) is 5.54 Å². The summed E-state index contributed by atoms with van der Waals surface area (Å²) < 4.78 is 5.40. The number of hydrogen-bond donors (Lipinski definition) is 0. The van der Waals surface area contributed by atoms with Gasteiger partial charge in [0, 0.05) is 7.11 Å². The Morgan fingerprint density at radius 2 is 1.70 bits per heavy atom. The molecule has 0 aromatic carbocycles. The smallest absolute Gasteiger partial charge is 0.242 e. The summed E-state index contributed by atoms with van der Waals surface area (Å²) in [5, 5.41) is 0. The summed E-state index contributed by atoms with van der Waals surface area (Å²) in [4.78, 5) is 0. The van der Waals surface area contributed by atoms with Gasteiger partial charge in [-0.1, -0.05) is 25.2 Å². The van der Waals surface area contributed by atoms with E-state index in [0.717, 1.165) is 0 Å². The number of hydrogen-bond acceptors (Lipinski definition) is 1. The van der Waals surface area contributed by atoms with Crippen LogP contribution in [-0.2, 0) is 4.43 Å². The summed E-state index contributed by atoms with van der Waals surface area (Å²) >= 11 is 0. The van der Waals surface area contributed by atoms with Gasteiger partial charge in [-0.25, -0.2) is 0 Å². The third kappa shape index (κ3) is 1.58. The van der Waals surface area contributed by atoms with Crippen LogP contribution in [0.2, 0.25) is 5.54 Å². The quantitative estimate of drug-likeness (QED) is 0.568. The summed E-state index contributed by atoms with van der Waals surface area (Å²) in [6, 6.07) is 0. The lowest BCUT2D eigenvalue weighted by atomic mass is 10.6. The summed E-state index contributed by atoms with van der Waals surface area (Å²) in [6.07, 6.45) is 0. The minimum atomic E-state index is -1.77. The maximum absolute atomic E-state index is 5.40. The Morgan fingerprint density at radius 1 is 1.30 bits per heavy atom. The summed E-state index contributed by atoms with van der Waals surface area (Å²) in [7, 11) is -0.0352. The Bertz CT molecular complexity index is 121. The van der Waals surface area contributed by atoms with Crippen LogP contribution in [-0.4, -0.2) is 15.4 Å². The Hall–Kier alpha value is -0.343. The molecular weight excluding hydrogens is 140 g/mol. The molecule has 0 aliphatic carbocycles. The Kier molecular flexibility index (Phi) is 3.61. The summed E-state index contributed by atoms with van der Waals surface area (Å²) in [5.41, 5.74) is 4.36. The van der Waals surface area contributed by atoms with Gasteiger partial charge in [-0.2, -0.15) is 0 Å². The molecule has 0 rings (SSSR count). The third-order valence-electron chi connectivity index (χ3n) is 1.89. The topological polar surface area (TPSA) is 9.23 Å². The van der Waals surface area contributed by atoms with Gasteiger partial charge < -0.3 is 4.43 Å². The van der Waals surface area contributed by atoms with Crippen molar-refractivity contribution >= 4 is 8.32 Å². The van der Waals surface area contributed by atoms with Crippen LogP contribution in [0.15, 0.2) is 24.6 Å². The van der Waals surface area contributed by atoms with E-state index in [1.807, 2.05) is 11.4 Å². The van der Waals surface area contributed by atoms with Gasteiger partial charge in [-0.3, -0.25) is 0 Å². The average molecular weight is 156 g/mol. The van der Waals surface area contributed by atoms with Gasteiger partial charge >= 0.3 is 0 Å². The highest BCUT2D eigenvalue weighted by molar-refractivity contribution is 6.84. The van der Waals surface area contributed by atoms with Crippen molar-refractivity contribution < 1.29 is 4.43 Å². The molecule has 0 aromatic rings. The molecule has 0 unspecified atom stereocenters. The second-order valence-electron chi connectivity index (χ2n) is 2.62. The van der Waals surface area contributed by atoms with E-state index in [9.17, 15) is 0 Å². The first-order valence-electron chi connectivity index (χ1n) is 3.45. The van der Waals surface area contributed by atoms with Gasteiger partial charge in [0.25, 0.3) is 0 Å². The average Bonchev–Trinajstić information content (AvgIpc) is 1.92. The zero-order chi connectivity index (χ0) is 8.20. The Morgan fingerprint density at radius 3 is 1.70 bits per heavy atom. The third-order valence-corrected chi connectivity index (χ3v) is 5.68. The van der Waals surface area contributed by atoms with E-state index < -0.39 is 8.32 Å². The highest BCUT2D eigenvalue weighted by Crippen LogP contribution is 2.22. The van der Waals surface area contributed by atoms with E-state index in [4.69, 9.17) is 4.43 Å². The lowest BCUT2D eigenvalue weighted by Gasteiger charge is -2.25. The Balaban J connectivity index is 4.45. The second-order valence-corrected chi connectivity index (χ2v) is 6.71. The van der Waals surface area contributed by atoms with E-state index in [2.05, 4.69) is 27.0 Å². The minimum Gasteiger partial charge on any atom is -0.412 e. The first-order valence-corrected chi connectivity index (χ1v) is 5.59. The van der Waals surface area contributed by atoms with Gasteiger partial charge in [-0.05, 0) is 5.54 Å². The molecule has 0 aliphatic rings. The first kappa shape index (κ1) is 9.66. The molecule has 0 saturated carbocycles. The normalized spacial score (nSPS) is 11.6. The zero-order valence-corrected chi connectivity index (χ0v) is 8.05. The van der Waals surface area contributed by atoms with Crippen LogP contribution >= 0.6 is 0 Å². The van der Waals surface area contributed by atoms with Crippen molar-refractivity contribution in [2.45, 2.75) is 19.4 Å². The molecule has 0 aromatic heterocycles. The SMILES string of the molecule is C=C[Si](C=C)(OC)C(C)C. The molecular formula is C8H16OSi. The van der Waals surface area contributed by atoms with Crippen molar-refractivity contribution in [3.8, 4) is 0 Å². The zero-order valence-electron chi connectivity index (χ0n) is 7.05. The van der Waals surface area contributed by atoms with Gasteiger partial charge in [0.05, 0.1) is 0 Å². The van der Waals surface area contributed by atoms with Crippen molar-refractivity contribution in [1.29, 1.82) is 0 Å². The molecule has 2 heteroatoms. The predicted molar refractivity (Wildman–Crippen MR) is 48.3 cm³/mol. The standard InChI is InChI=1S/C8H16OSi/c1-6-10(7-2,9-5)8(3)4/h6-8H,1-2H2,3-5H3. The lowest BCUT2D eigenvalue weighted by molar-refractivity contribution is 0.405. The van der Waals surface area contributed by atoms with Crippen LogP contribution in [0.1, 0.15) is 13.8 Å². The molecule has 0 saturated heterocycles. The van der Waals surface area contributed by atoms with Crippen molar-refractivity contribution in [2.24, 2.45) is 0 Å². The van der Waals surface area contributed by atoms with E-state index in [1.54, 1.807) is 7.11 Å². The minimum absolute atomic E-state index is 0.521. The van der Waals surface area contributed by atoms with Crippen molar-refractivity contribution in [3.63, 3.8) is 0 Å². The van der Waals surface area contributed by atoms with Gasteiger partial charge in [0.15, 0.2) is 0 Å². The van der Waals surface area contributed by atoms with Crippen LogP contribution in [0.4, 0.5) is 0 Å². The highest BCUT2D eigenvalue weighted by Gasteiger charge is 2.30. The fraction of sp³-hybridized carbons (Fsp3) is 0.500. The van der Waals surface area contributed by atoms with E-state index in [1.165, 1.54) is 0 Å². The molecule has 0 fully saturated rings. The highest BCUT2D eigenvalue weighted by atomic mass is 28.4. The fourth-order valence-electron chi connectivity index (χ4n) is 0.957. The molecule has 0 N–H and O–H groups in total. The van der Waals surface area contributed by atoms with Crippen LogP contribution in [0.25, 0.3) is 0 Å². The van der Waals surface area contributed by atoms with Crippen molar-refractivity contribution in [2.75, 3.05) is 7.11 Å². The molecule has 10 heavy (non-hydrogen) atoms. The summed E-state index contributed by atoms with van der Waals surface area (Å²) in [5.74, 6) is 0. The predicted octanol–water partition coefficient (Wildman–Crippen LogP) is 2.44.